The highest BCUT2D eigenvalue weighted by Crippen LogP contribution is 2.20. The van der Waals surface area contributed by atoms with Crippen molar-refractivity contribution in [3.63, 3.8) is 0 Å². The minimum Gasteiger partial charge on any atom is -0.394 e. The molecular formula is C29H43FN10O3. The summed E-state index contributed by atoms with van der Waals surface area (Å²) >= 11 is 0. The van der Waals surface area contributed by atoms with E-state index in [0.717, 1.165) is 6.54 Å². The molecule has 4 rings (SSSR count). The predicted molar refractivity (Wildman–Crippen MR) is 168 cm³/mol. The van der Waals surface area contributed by atoms with Gasteiger partial charge < -0.3 is 35.7 Å². The Labute approximate surface area is 251 Å². The van der Waals surface area contributed by atoms with Crippen molar-refractivity contribution in [1.82, 2.24) is 29.5 Å². The van der Waals surface area contributed by atoms with Gasteiger partial charge in [0.2, 0.25) is 17.7 Å². The Morgan fingerprint density at radius 2 is 1.58 bits per heavy atom. The topological polar surface area (TPSA) is 167 Å². The van der Waals surface area contributed by atoms with Gasteiger partial charge in [0.1, 0.15) is 11.3 Å². The number of nitrogens with zero attached hydrogens (tertiary/aromatic N) is 6. The number of rotatable bonds is 13. The fourth-order valence-electron chi connectivity index (χ4n) is 4.02. The van der Waals surface area contributed by atoms with Gasteiger partial charge in [0, 0.05) is 39.4 Å². The molecule has 0 amide bonds. The van der Waals surface area contributed by atoms with Crippen LogP contribution in [0.3, 0.4) is 0 Å². The number of halogens is 1. The zero-order chi connectivity index (χ0) is 30.6. The molecule has 0 aliphatic carbocycles. The van der Waals surface area contributed by atoms with Crippen molar-refractivity contribution in [3.05, 3.63) is 53.9 Å². The van der Waals surface area contributed by atoms with E-state index in [1.54, 1.807) is 43.3 Å². The lowest BCUT2D eigenvalue weighted by Gasteiger charge is -2.14. The molecule has 0 saturated carbocycles. The first kappa shape index (κ1) is 34.8. The van der Waals surface area contributed by atoms with E-state index in [-0.39, 0.29) is 30.9 Å². The van der Waals surface area contributed by atoms with Gasteiger partial charge in [-0.05, 0) is 39.8 Å². The highest BCUT2D eigenvalue weighted by molar-refractivity contribution is 6.08. The summed E-state index contributed by atoms with van der Waals surface area (Å²) in [5.74, 6) is 0.712. The van der Waals surface area contributed by atoms with Crippen molar-refractivity contribution in [3.8, 4) is 0 Å². The van der Waals surface area contributed by atoms with Crippen LogP contribution >= 0.6 is 0 Å². The zero-order valence-corrected chi connectivity index (χ0v) is 24.8. The highest BCUT2D eigenvalue weighted by atomic mass is 19.1. The van der Waals surface area contributed by atoms with Crippen LogP contribution in [-0.4, -0.2) is 81.3 Å². The molecule has 3 aromatic heterocycles. The average Bonchev–Trinajstić information content (AvgIpc) is 3.33. The molecule has 3 heterocycles. The number of hydrogen-bond acceptors (Lipinski definition) is 12. The zero-order valence-electron chi connectivity index (χ0n) is 24.8. The number of nitrogen functional groups attached to an aromatic ring is 1. The molecule has 0 radical (unpaired) electrons. The Bertz CT molecular complexity index is 1470. The number of hydrogen-bond donors (Lipinski definition) is 4. The number of aromatic nitrogens is 6. The summed E-state index contributed by atoms with van der Waals surface area (Å²) in [6, 6.07) is 6.04. The monoisotopic (exact) mass is 598 g/mol. The van der Waals surface area contributed by atoms with Gasteiger partial charge in [0.05, 0.1) is 36.9 Å². The molecule has 0 fully saturated rings. The standard InChI is InChI=1S/C18H20FN5O2.C10H19N5O.CH4/c1-4-24-16-14(9-20-18(23-16)21-11(2)10-26-3)22-17(24)15(25)12-7-5-6-8-13(12)19;1-4-12-9-8(11)5-13-10(15-9)14-7(2)6-16-3;/h5-9,11H,4,10H2,1-3H3,(H,20,21,23);5,7H,4,6,11H2,1-3H3,(H2,12,13,14,15);1H4/t11-;7-;/m00./s1. The summed E-state index contributed by atoms with van der Waals surface area (Å²) in [5, 5.41) is 9.33. The van der Waals surface area contributed by atoms with Crippen LogP contribution in [0.1, 0.15) is 51.3 Å². The number of fused-ring (bicyclic) bond motifs is 1. The van der Waals surface area contributed by atoms with Crippen LogP contribution in [0.25, 0.3) is 11.2 Å². The second-order valence-electron chi connectivity index (χ2n) is 9.42. The molecule has 234 valence electrons. The molecule has 4 aromatic rings. The van der Waals surface area contributed by atoms with Crippen molar-refractivity contribution in [2.75, 3.05) is 55.7 Å². The van der Waals surface area contributed by atoms with Gasteiger partial charge in [0.15, 0.2) is 17.3 Å². The fourth-order valence-corrected chi connectivity index (χ4v) is 4.02. The third-order valence-electron chi connectivity index (χ3n) is 5.87. The number of imidazole rings is 1. The van der Waals surface area contributed by atoms with E-state index in [1.165, 1.54) is 12.1 Å². The minimum absolute atomic E-state index is 0. The first-order valence-electron chi connectivity index (χ1n) is 13.6. The van der Waals surface area contributed by atoms with Crippen molar-refractivity contribution in [1.29, 1.82) is 0 Å². The number of ether oxygens (including phenoxy) is 2. The number of carbonyl (C=O) groups is 1. The van der Waals surface area contributed by atoms with Crippen LogP contribution in [0, 0.1) is 5.82 Å². The highest BCUT2D eigenvalue weighted by Gasteiger charge is 2.22. The van der Waals surface area contributed by atoms with Gasteiger partial charge in [-0.25, -0.2) is 19.3 Å². The molecule has 0 aliphatic heterocycles. The van der Waals surface area contributed by atoms with E-state index < -0.39 is 11.6 Å². The minimum atomic E-state index is -0.575. The third-order valence-corrected chi connectivity index (χ3v) is 5.87. The van der Waals surface area contributed by atoms with Crippen molar-refractivity contribution < 1.29 is 18.7 Å². The number of ketones is 1. The lowest BCUT2D eigenvalue weighted by Crippen LogP contribution is -2.22. The summed E-state index contributed by atoms with van der Waals surface area (Å²) in [4.78, 5) is 34.2. The Kier molecular flexibility index (Phi) is 13.6. The summed E-state index contributed by atoms with van der Waals surface area (Å²) in [5.41, 5.74) is 7.26. The Hall–Kier alpha value is -4.43. The van der Waals surface area contributed by atoms with Crippen molar-refractivity contribution in [2.24, 2.45) is 0 Å². The molecule has 13 nitrogen and oxygen atoms in total. The van der Waals surface area contributed by atoms with Crippen LogP contribution < -0.4 is 21.7 Å². The van der Waals surface area contributed by atoms with E-state index >= 15 is 0 Å². The number of nitrogens with two attached hydrogens (primary N) is 1. The van der Waals surface area contributed by atoms with Gasteiger partial charge in [-0.2, -0.15) is 9.97 Å². The summed E-state index contributed by atoms with van der Waals surface area (Å²) in [7, 11) is 3.28. The molecule has 2 atom stereocenters. The predicted octanol–water partition coefficient (Wildman–Crippen LogP) is 4.24. The summed E-state index contributed by atoms with van der Waals surface area (Å²) in [6.45, 7) is 10.2. The lowest BCUT2D eigenvalue weighted by atomic mass is 10.1. The maximum atomic E-state index is 14.0. The molecule has 14 heteroatoms. The number of benzene rings is 1. The molecule has 0 spiro atoms. The van der Waals surface area contributed by atoms with E-state index in [1.807, 2.05) is 27.7 Å². The average molecular weight is 599 g/mol. The van der Waals surface area contributed by atoms with Crippen LogP contribution in [-0.2, 0) is 16.0 Å². The molecule has 0 aliphatic rings. The van der Waals surface area contributed by atoms with Crippen LogP contribution in [0.5, 0.6) is 0 Å². The lowest BCUT2D eigenvalue weighted by molar-refractivity contribution is 0.102. The molecular weight excluding hydrogens is 555 g/mol. The number of methoxy groups -OCH3 is 2. The maximum Gasteiger partial charge on any atom is 0.231 e. The molecule has 5 N–H and O–H groups in total. The normalized spacial score (nSPS) is 12.0. The summed E-state index contributed by atoms with van der Waals surface area (Å²) < 4.78 is 25.8. The molecule has 0 saturated heterocycles. The summed E-state index contributed by atoms with van der Waals surface area (Å²) in [6.07, 6.45) is 3.14. The smallest absolute Gasteiger partial charge is 0.231 e. The number of carbonyl (C=O) groups excluding carboxylic acids is 1. The maximum absolute atomic E-state index is 14.0. The Morgan fingerprint density at radius 3 is 2.16 bits per heavy atom. The molecule has 0 unspecified atom stereocenters. The van der Waals surface area contributed by atoms with Gasteiger partial charge in [-0.3, -0.25) is 4.79 Å². The van der Waals surface area contributed by atoms with Gasteiger partial charge in [-0.15, -0.1) is 0 Å². The Balaban J connectivity index is 0.000000328. The second kappa shape index (κ2) is 16.9. The number of nitrogens with one attached hydrogen (secondary N) is 3. The van der Waals surface area contributed by atoms with Crippen LogP contribution in [0.2, 0.25) is 0 Å². The SMILES string of the molecule is C.CCNc1nc(N[C@@H](C)COC)ncc1N.CCn1c(C(=O)c2ccccc2F)nc2cnc(N[C@@H](C)COC)nc21. The molecule has 43 heavy (non-hydrogen) atoms. The van der Waals surface area contributed by atoms with E-state index in [2.05, 4.69) is 40.9 Å². The van der Waals surface area contributed by atoms with Gasteiger partial charge >= 0.3 is 0 Å². The van der Waals surface area contributed by atoms with E-state index in [4.69, 9.17) is 15.2 Å². The molecule has 1 aromatic carbocycles. The molecule has 0 bridgehead atoms. The second-order valence-corrected chi connectivity index (χ2v) is 9.42. The first-order chi connectivity index (χ1) is 20.2. The number of anilines is 4. The Morgan fingerprint density at radius 1 is 0.977 bits per heavy atom. The van der Waals surface area contributed by atoms with Crippen LogP contribution in [0.15, 0.2) is 36.7 Å². The van der Waals surface area contributed by atoms with E-state index in [0.29, 0.717) is 54.3 Å². The van der Waals surface area contributed by atoms with Gasteiger partial charge in [-0.1, -0.05) is 19.6 Å². The number of aryl methyl sites for hydroxylation is 1. The quantitative estimate of drug-likeness (QED) is 0.162. The fraction of sp³-hybridized carbons (Fsp3) is 0.448. The van der Waals surface area contributed by atoms with Crippen LogP contribution in [0.4, 0.5) is 27.8 Å². The largest absolute Gasteiger partial charge is 0.394 e. The third kappa shape index (κ3) is 9.28. The van der Waals surface area contributed by atoms with Crippen molar-refractivity contribution in [2.45, 2.75) is 53.8 Å². The first-order valence-corrected chi connectivity index (χ1v) is 13.6. The van der Waals surface area contributed by atoms with Gasteiger partial charge in [0.25, 0.3) is 0 Å². The van der Waals surface area contributed by atoms with Crippen molar-refractivity contribution >= 4 is 40.3 Å². The van der Waals surface area contributed by atoms with E-state index in [9.17, 15) is 9.18 Å².